The van der Waals surface area contributed by atoms with Crippen molar-refractivity contribution in [2.24, 2.45) is 23.7 Å². The van der Waals surface area contributed by atoms with E-state index in [1.807, 2.05) is 78.9 Å². The van der Waals surface area contributed by atoms with Crippen LogP contribution in [-0.4, -0.2) is 34.6 Å². The number of hydrogen-bond acceptors (Lipinski definition) is 6. The number of hydrogen-bond donors (Lipinski definition) is 2. The third-order valence-corrected chi connectivity index (χ3v) is 10.1. The van der Waals surface area contributed by atoms with E-state index < -0.39 is 11.8 Å². The van der Waals surface area contributed by atoms with Gasteiger partial charge >= 0.3 is 0 Å². The predicted molar refractivity (Wildman–Crippen MR) is 190 cm³/mol. The molecule has 48 heavy (non-hydrogen) atoms. The van der Waals surface area contributed by atoms with E-state index in [0.29, 0.717) is 36.6 Å². The average Bonchev–Trinajstić information content (AvgIpc) is 3.62. The Morgan fingerprint density at radius 3 is 2.44 bits per heavy atom. The van der Waals surface area contributed by atoms with E-state index in [1.54, 1.807) is 18.3 Å². The molecule has 2 N–H and O–H groups in total. The molecular weight excluding hydrogens is 622 g/mol. The fourth-order valence-electron chi connectivity index (χ4n) is 7.53. The van der Waals surface area contributed by atoms with Gasteiger partial charge in [-0.1, -0.05) is 55.3 Å². The highest BCUT2D eigenvalue weighted by Gasteiger charge is 2.57. The quantitative estimate of drug-likeness (QED) is 0.138. The summed E-state index contributed by atoms with van der Waals surface area (Å²) in [5, 5.41) is 13.7. The van der Waals surface area contributed by atoms with Crippen LogP contribution in [0.25, 0.3) is 11.6 Å². The molecule has 1 aromatic heterocycles. The van der Waals surface area contributed by atoms with Crippen LogP contribution in [0.4, 0.5) is 17.1 Å². The number of carbonyl (C=O) groups excluding carboxylic acids is 2. The minimum atomic E-state index is -0.441. The Labute approximate surface area is 285 Å². The lowest BCUT2D eigenvalue weighted by Gasteiger charge is -2.33. The highest BCUT2D eigenvalue weighted by Crippen LogP contribution is 2.52. The molecule has 4 aromatic rings. The fourth-order valence-corrected chi connectivity index (χ4v) is 7.76. The van der Waals surface area contributed by atoms with Gasteiger partial charge in [-0.25, -0.2) is 0 Å². The van der Waals surface area contributed by atoms with Crippen LogP contribution in [0.5, 0.6) is 5.75 Å². The molecule has 0 spiro atoms. The fraction of sp³-hybridized carbons (Fsp3) is 0.275. The van der Waals surface area contributed by atoms with Gasteiger partial charge in [0.05, 0.1) is 41.0 Å². The van der Waals surface area contributed by atoms with Crippen LogP contribution in [-0.2, 0) is 14.3 Å². The molecule has 2 aliphatic heterocycles. The van der Waals surface area contributed by atoms with Crippen molar-refractivity contribution in [1.82, 2.24) is 4.98 Å². The van der Waals surface area contributed by atoms with Crippen LogP contribution in [0.2, 0.25) is 5.02 Å². The zero-order valence-corrected chi connectivity index (χ0v) is 27.7. The SMILES string of the molecule is CC(C)C1=C2[C@@H](CC/C(=C/c3ccc(O)cc3Cl)c3ccccn3)OC[C@@H]2[C@@H]2C(=O)N(c3ccc(Nc4ccccc4)cc3)C(=O)[C@@H]2C1. The average molecular weight is 660 g/mol. The van der Waals surface area contributed by atoms with Gasteiger partial charge in [0.2, 0.25) is 11.8 Å². The number of aromatic nitrogens is 1. The van der Waals surface area contributed by atoms with Crippen molar-refractivity contribution >= 4 is 52.1 Å². The van der Waals surface area contributed by atoms with Gasteiger partial charge in [0.25, 0.3) is 0 Å². The van der Waals surface area contributed by atoms with E-state index in [0.717, 1.165) is 28.2 Å². The number of imide groups is 1. The van der Waals surface area contributed by atoms with Crippen molar-refractivity contribution in [3.63, 3.8) is 0 Å². The van der Waals surface area contributed by atoms with E-state index in [1.165, 1.54) is 22.1 Å². The molecule has 3 heterocycles. The second-order valence-corrected chi connectivity index (χ2v) is 13.5. The summed E-state index contributed by atoms with van der Waals surface area (Å²) in [6, 6.07) is 28.1. The normalized spacial score (nSPS) is 22.3. The molecule has 8 heteroatoms. The lowest BCUT2D eigenvalue weighted by molar-refractivity contribution is -0.122. The lowest BCUT2D eigenvalue weighted by atomic mass is 9.67. The maximum absolute atomic E-state index is 14.1. The second kappa shape index (κ2) is 13.4. The molecule has 4 atom stereocenters. The molecule has 3 aromatic carbocycles. The molecule has 0 radical (unpaired) electrons. The molecule has 7 rings (SSSR count). The zero-order valence-electron chi connectivity index (χ0n) is 27.0. The van der Waals surface area contributed by atoms with Crippen LogP contribution < -0.4 is 10.2 Å². The first-order valence-electron chi connectivity index (χ1n) is 16.5. The number of anilines is 3. The van der Waals surface area contributed by atoms with Gasteiger partial charge in [-0.2, -0.15) is 0 Å². The number of phenolic OH excluding ortho intramolecular Hbond substituents is 1. The number of carbonyl (C=O) groups is 2. The first-order valence-corrected chi connectivity index (χ1v) is 16.9. The monoisotopic (exact) mass is 659 g/mol. The number of aromatic hydroxyl groups is 1. The Hall–Kier alpha value is -4.72. The summed E-state index contributed by atoms with van der Waals surface area (Å²) in [7, 11) is 0. The van der Waals surface area contributed by atoms with E-state index in [4.69, 9.17) is 16.3 Å². The number of rotatable bonds is 9. The van der Waals surface area contributed by atoms with E-state index in [-0.39, 0.29) is 35.5 Å². The summed E-state index contributed by atoms with van der Waals surface area (Å²) in [5.41, 5.74) is 7.51. The maximum Gasteiger partial charge on any atom is 0.238 e. The van der Waals surface area contributed by atoms with Crippen LogP contribution in [0.15, 0.2) is 108 Å². The Balaban J connectivity index is 1.13. The molecule has 0 unspecified atom stereocenters. The molecule has 2 saturated heterocycles. The van der Waals surface area contributed by atoms with Gasteiger partial charge in [0.1, 0.15) is 5.75 Å². The van der Waals surface area contributed by atoms with Gasteiger partial charge in [-0.15, -0.1) is 0 Å². The van der Waals surface area contributed by atoms with Gasteiger partial charge in [-0.05, 0) is 115 Å². The summed E-state index contributed by atoms with van der Waals surface area (Å²) in [6.45, 7) is 4.74. The second-order valence-electron chi connectivity index (χ2n) is 13.1. The molecule has 3 aliphatic rings. The molecule has 2 fully saturated rings. The topological polar surface area (TPSA) is 91.8 Å². The summed E-state index contributed by atoms with van der Waals surface area (Å²) < 4.78 is 6.51. The number of benzene rings is 3. The third kappa shape index (κ3) is 6.16. The summed E-state index contributed by atoms with van der Waals surface area (Å²) >= 11 is 6.48. The van der Waals surface area contributed by atoms with Crippen molar-refractivity contribution in [1.29, 1.82) is 0 Å². The number of allylic oxidation sites excluding steroid dienone is 2. The van der Waals surface area contributed by atoms with E-state index in [2.05, 4.69) is 24.1 Å². The molecule has 2 amide bonds. The molecule has 1 aliphatic carbocycles. The van der Waals surface area contributed by atoms with Crippen molar-refractivity contribution in [2.45, 2.75) is 39.2 Å². The predicted octanol–water partition coefficient (Wildman–Crippen LogP) is 8.68. The number of fused-ring (bicyclic) bond motifs is 3. The summed E-state index contributed by atoms with van der Waals surface area (Å²) in [5.74, 6) is -0.909. The van der Waals surface area contributed by atoms with Crippen molar-refractivity contribution in [3.8, 4) is 5.75 Å². The highest BCUT2D eigenvalue weighted by molar-refractivity contribution is 6.32. The largest absolute Gasteiger partial charge is 0.508 e. The van der Waals surface area contributed by atoms with Crippen LogP contribution >= 0.6 is 11.6 Å². The number of nitrogens with one attached hydrogen (secondary N) is 1. The van der Waals surface area contributed by atoms with Gasteiger partial charge < -0.3 is 15.2 Å². The Bertz CT molecular complexity index is 1890. The van der Waals surface area contributed by atoms with Crippen molar-refractivity contribution < 1.29 is 19.4 Å². The molecule has 0 saturated carbocycles. The Morgan fingerprint density at radius 1 is 0.979 bits per heavy atom. The number of ether oxygens (including phenoxy) is 1. The number of para-hydroxylation sites is 1. The molecule has 7 nitrogen and oxygen atoms in total. The standard InChI is InChI=1S/C40H38ClN3O4/c1-24(2)31-22-32-38(40(47)44(39(32)46)29-15-13-28(14-16-29)43-27-8-4-3-5-9-27)33-23-48-36(37(31)33)18-12-26(35-10-6-7-19-42-35)20-25-11-17-30(45)21-34(25)41/h3-11,13-17,19-21,24,32-33,36,38,43,45H,12,18,22-23H2,1-2H3/b26-20-/t32-,33+,36-,38-/m1/s1. The van der Waals surface area contributed by atoms with Gasteiger partial charge in [0.15, 0.2) is 0 Å². The number of phenols is 1. The minimum Gasteiger partial charge on any atom is -0.508 e. The lowest BCUT2D eigenvalue weighted by Crippen LogP contribution is -2.35. The van der Waals surface area contributed by atoms with Crippen LogP contribution in [0.1, 0.15) is 44.4 Å². The number of halogens is 1. The van der Waals surface area contributed by atoms with Gasteiger partial charge in [0, 0.05) is 23.5 Å². The van der Waals surface area contributed by atoms with Crippen molar-refractivity contribution in [3.05, 3.63) is 125 Å². The smallest absolute Gasteiger partial charge is 0.238 e. The zero-order chi connectivity index (χ0) is 33.4. The highest BCUT2D eigenvalue weighted by atomic mass is 35.5. The van der Waals surface area contributed by atoms with Crippen LogP contribution in [0.3, 0.4) is 0 Å². The summed E-state index contributed by atoms with van der Waals surface area (Å²) in [4.78, 5) is 34.1. The number of pyridine rings is 1. The first kappa shape index (κ1) is 31.9. The van der Waals surface area contributed by atoms with Gasteiger partial charge in [-0.3, -0.25) is 19.5 Å². The van der Waals surface area contributed by atoms with Crippen molar-refractivity contribution in [2.75, 3.05) is 16.8 Å². The molecule has 244 valence electrons. The maximum atomic E-state index is 14.1. The Morgan fingerprint density at radius 2 is 1.73 bits per heavy atom. The molecular formula is C40H38ClN3O4. The summed E-state index contributed by atoms with van der Waals surface area (Å²) in [6.07, 6.45) is 5.54. The number of amides is 2. The van der Waals surface area contributed by atoms with E-state index in [9.17, 15) is 14.7 Å². The third-order valence-electron chi connectivity index (χ3n) is 9.81. The number of nitrogens with zero attached hydrogens (tertiary/aromatic N) is 2. The molecule has 0 bridgehead atoms. The minimum absolute atomic E-state index is 0.112. The Kier molecular flexibility index (Phi) is 8.90. The van der Waals surface area contributed by atoms with Crippen LogP contribution in [0, 0.1) is 23.7 Å². The van der Waals surface area contributed by atoms with E-state index >= 15 is 0 Å². The first-order chi connectivity index (χ1) is 23.3.